The average molecular weight is 251 g/mol. The highest BCUT2D eigenvalue weighted by molar-refractivity contribution is 5.86. The summed E-state index contributed by atoms with van der Waals surface area (Å²) >= 11 is 0. The van der Waals surface area contributed by atoms with Gasteiger partial charge in [0.1, 0.15) is 5.82 Å². The van der Waals surface area contributed by atoms with Crippen molar-refractivity contribution in [3.63, 3.8) is 0 Å². The summed E-state index contributed by atoms with van der Waals surface area (Å²) in [4.78, 5) is 21.7. The first-order valence-corrected chi connectivity index (χ1v) is 6.27. The maximum absolute atomic E-state index is 11.2. The predicted molar refractivity (Wildman–Crippen MR) is 70.7 cm³/mol. The van der Waals surface area contributed by atoms with E-state index in [2.05, 4.69) is 40.4 Å². The van der Waals surface area contributed by atoms with E-state index in [4.69, 9.17) is 0 Å². The van der Waals surface area contributed by atoms with Gasteiger partial charge in [-0.1, -0.05) is 20.3 Å². The fourth-order valence-electron chi connectivity index (χ4n) is 1.58. The van der Waals surface area contributed by atoms with Gasteiger partial charge in [0.2, 0.25) is 0 Å². The van der Waals surface area contributed by atoms with Gasteiger partial charge in [0.25, 0.3) is 0 Å². The van der Waals surface area contributed by atoms with Crippen molar-refractivity contribution in [3.8, 4) is 0 Å². The number of aromatic nitrogens is 2. The van der Waals surface area contributed by atoms with Crippen molar-refractivity contribution in [1.82, 2.24) is 9.97 Å². The Morgan fingerprint density at radius 1 is 1.39 bits per heavy atom. The third-order valence-corrected chi connectivity index (χ3v) is 2.97. The second kappa shape index (κ2) is 6.93. The molecule has 0 aliphatic rings. The third kappa shape index (κ3) is 3.68. The Morgan fingerprint density at radius 2 is 2.11 bits per heavy atom. The Labute approximate surface area is 108 Å². The number of esters is 1. The average Bonchev–Trinajstić information content (AvgIpc) is 2.43. The fraction of sp³-hybridized carbons (Fsp3) is 0.615. The molecule has 1 aromatic rings. The highest BCUT2D eigenvalue weighted by atomic mass is 16.5. The molecule has 5 nitrogen and oxygen atoms in total. The summed E-state index contributed by atoms with van der Waals surface area (Å²) in [5.74, 6) is 0.941. The monoisotopic (exact) mass is 251 g/mol. The number of anilines is 1. The lowest BCUT2D eigenvalue weighted by molar-refractivity contribution is 0.0593. The molecular formula is C13H21N3O2. The fourth-order valence-corrected chi connectivity index (χ4v) is 1.58. The van der Waals surface area contributed by atoms with E-state index in [1.54, 1.807) is 6.20 Å². The van der Waals surface area contributed by atoms with Gasteiger partial charge in [0, 0.05) is 13.1 Å². The summed E-state index contributed by atoms with van der Waals surface area (Å²) in [5.41, 5.74) is 0.237. The first-order valence-electron chi connectivity index (χ1n) is 6.27. The van der Waals surface area contributed by atoms with Crippen LogP contribution in [0.25, 0.3) is 0 Å². The van der Waals surface area contributed by atoms with E-state index in [1.807, 2.05) is 0 Å². The molecule has 0 amide bonds. The van der Waals surface area contributed by atoms with Gasteiger partial charge in [-0.2, -0.15) is 0 Å². The normalized spacial score (nSPS) is 12.0. The SMILES string of the molecule is CCC(C)CN(CC)c1cnc(C(=O)OC)cn1. The second-order valence-electron chi connectivity index (χ2n) is 4.30. The van der Waals surface area contributed by atoms with Crippen LogP contribution in [0.15, 0.2) is 12.4 Å². The molecule has 1 rings (SSSR count). The molecule has 1 heterocycles. The van der Waals surface area contributed by atoms with Gasteiger partial charge in [-0.15, -0.1) is 0 Å². The Morgan fingerprint density at radius 3 is 2.56 bits per heavy atom. The molecule has 0 saturated carbocycles. The zero-order chi connectivity index (χ0) is 13.5. The number of ether oxygens (including phenoxy) is 1. The first-order chi connectivity index (χ1) is 8.62. The van der Waals surface area contributed by atoms with Gasteiger partial charge >= 0.3 is 5.97 Å². The maximum Gasteiger partial charge on any atom is 0.358 e. The van der Waals surface area contributed by atoms with Gasteiger partial charge in [-0.3, -0.25) is 0 Å². The van der Waals surface area contributed by atoms with E-state index in [-0.39, 0.29) is 5.69 Å². The summed E-state index contributed by atoms with van der Waals surface area (Å²) in [6.45, 7) is 8.28. The summed E-state index contributed by atoms with van der Waals surface area (Å²) < 4.78 is 4.59. The van der Waals surface area contributed by atoms with Crippen molar-refractivity contribution in [3.05, 3.63) is 18.1 Å². The quantitative estimate of drug-likeness (QED) is 0.725. The maximum atomic E-state index is 11.2. The predicted octanol–water partition coefficient (Wildman–Crippen LogP) is 2.14. The van der Waals surface area contributed by atoms with Crippen molar-refractivity contribution < 1.29 is 9.53 Å². The highest BCUT2D eigenvalue weighted by Crippen LogP contribution is 2.13. The number of rotatable bonds is 6. The lowest BCUT2D eigenvalue weighted by Gasteiger charge is -2.24. The van der Waals surface area contributed by atoms with Crippen LogP contribution in [0.1, 0.15) is 37.7 Å². The first kappa shape index (κ1) is 14.4. The third-order valence-electron chi connectivity index (χ3n) is 2.97. The zero-order valence-corrected chi connectivity index (χ0v) is 11.5. The van der Waals surface area contributed by atoms with E-state index in [9.17, 15) is 4.79 Å². The molecule has 1 unspecified atom stereocenters. The van der Waals surface area contributed by atoms with Crippen LogP contribution in [-0.2, 0) is 4.74 Å². The van der Waals surface area contributed by atoms with Crippen LogP contribution < -0.4 is 4.90 Å². The Balaban J connectivity index is 2.78. The number of methoxy groups -OCH3 is 1. The van der Waals surface area contributed by atoms with Crippen molar-refractivity contribution in [2.45, 2.75) is 27.2 Å². The van der Waals surface area contributed by atoms with Crippen LogP contribution in [0.3, 0.4) is 0 Å². The van der Waals surface area contributed by atoms with E-state index >= 15 is 0 Å². The molecule has 0 spiro atoms. The molecule has 0 aliphatic heterocycles. The minimum atomic E-state index is -0.459. The van der Waals surface area contributed by atoms with Crippen LogP contribution in [0.5, 0.6) is 0 Å². The largest absolute Gasteiger partial charge is 0.464 e. The van der Waals surface area contributed by atoms with Crippen molar-refractivity contribution >= 4 is 11.8 Å². The number of carbonyl (C=O) groups excluding carboxylic acids is 1. The lowest BCUT2D eigenvalue weighted by atomic mass is 10.1. The highest BCUT2D eigenvalue weighted by Gasteiger charge is 2.12. The van der Waals surface area contributed by atoms with Gasteiger partial charge in [0.05, 0.1) is 19.5 Å². The van der Waals surface area contributed by atoms with Crippen LogP contribution in [0.2, 0.25) is 0 Å². The zero-order valence-electron chi connectivity index (χ0n) is 11.5. The minimum absolute atomic E-state index is 0.237. The molecule has 18 heavy (non-hydrogen) atoms. The Kier molecular flexibility index (Phi) is 5.55. The molecule has 1 aromatic heterocycles. The molecule has 0 aromatic carbocycles. The van der Waals surface area contributed by atoms with Crippen molar-refractivity contribution in [2.75, 3.05) is 25.1 Å². The lowest BCUT2D eigenvalue weighted by Crippen LogP contribution is -2.29. The van der Waals surface area contributed by atoms with Crippen LogP contribution in [-0.4, -0.2) is 36.1 Å². The summed E-state index contributed by atoms with van der Waals surface area (Å²) in [6, 6.07) is 0. The molecule has 0 fully saturated rings. The Hall–Kier alpha value is -1.65. The molecular weight excluding hydrogens is 230 g/mol. The molecule has 0 N–H and O–H groups in total. The summed E-state index contributed by atoms with van der Waals surface area (Å²) in [6.07, 6.45) is 4.21. The number of hydrogen-bond acceptors (Lipinski definition) is 5. The van der Waals surface area contributed by atoms with Gasteiger partial charge < -0.3 is 9.64 Å². The van der Waals surface area contributed by atoms with Gasteiger partial charge in [0.15, 0.2) is 5.69 Å². The summed E-state index contributed by atoms with van der Waals surface area (Å²) in [7, 11) is 1.33. The van der Waals surface area contributed by atoms with Crippen LogP contribution >= 0.6 is 0 Å². The smallest absolute Gasteiger partial charge is 0.358 e. The molecule has 0 saturated heterocycles. The number of hydrogen-bond donors (Lipinski definition) is 0. The van der Waals surface area contributed by atoms with Crippen LogP contribution in [0.4, 0.5) is 5.82 Å². The van der Waals surface area contributed by atoms with Gasteiger partial charge in [-0.25, -0.2) is 14.8 Å². The van der Waals surface area contributed by atoms with E-state index in [0.29, 0.717) is 5.92 Å². The standard InChI is InChI=1S/C13H21N3O2/c1-5-10(3)9-16(6-2)12-8-14-11(7-15-12)13(17)18-4/h7-8,10H,5-6,9H2,1-4H3. The molecule has 5 heteroatoms. The second-order valence-corrected chi connectivity index (χ2v) is 4.30. The van der Waals surface area contributed by atoms with E-state index < -0.39 is 5.97 Å². The minimum Gasteiger partial charge on any atom is -0.464 e. The molecule has 0 radical (unpaired) electrons. The molecule has 0 bridgehead atoms. The molecule has 100 valence electrons. The van der Waals surface area contributed by atoms with E-state index in [1.165, 1.54) is 13.3 Å². The van der Waals surface area contributed by atoms with E-state index in [0.717, 1.165) is 25.3 Å². The van der Waals surface area contributed by atoms with Gasteiger partial charge in [-0.05, 0) is 12.8 Å². The van der Waals surface area contributed by atoms with Crippen molar-refractivity contribution in [1.29, 1.82) is 0 Å². The number of nitrogens with zero attached hydrogens (tertiary/aromatic N) is 3. The Bertz CT molecular complexity index is 378. The molecule has 0 aliphatic carbocycles. The number of carbonyl (C=O) groups is 1. The van der Waals surface area contributed by atoms with Crippen molar-refractivity contribution in [2.24, 2.45) is 5.92 Å². The summed E-state index contributed by atoms with van der Waals surface area (Å²) in [5, 5.41) is 0. The molecule has 1 atom stereocenters. The topological polar surface area (TPSA) is 55.3 Å². The van der Waals surface area contributed by atoms with Crippen LogP contribution in [0, 0.1) is 5.92 Å².